The Morgan fingerprint density at radius 1 is 1.12 bits per heavy atom. The van der Waals surface area contributed by atoms with E-state index in [2.05, 4.69) is 4.74 Å². The van der Waals surface area contributed by atoms with E-state index in [-0.39, 0.29) is 41.6 Å². The Kier molecular flexibility index (Phi) is 7.87. The van der Waals surface area contributed by atoms with Gasteiger partial charge in [0.25, 0.3) is 0 Å². The Morgan fingerprint density at radius 3 is 2.31 bits per heavy atom. The lowest BCUT2D eigenvalue weighted by Gasteiger charge is -2.21. The molecule has 0 bridgehead atoms. The Labute approximate surface area is 193 Å². The number of anilines is 2. The molecule has 1 aliphatic rings. The number of ether oxygens (including phenoxy) is 1. The number of benzene rings is 2. The molecule has 2 amide bonds. The monoisotopic (exact) mass is 480 g/mol. The normalized spacial score (nSPS) is 13.6. The summed E-state index contributed by atoms with van der Waals surface area (Å²) in [6, 6.07) is 11.2. The van der Waals surface area contributed by atoms with Gasteiger partial charge in [0.05, 0.1) is 17.7 Å². The van der Waals surface area contributed by atoms with Crippen LogP contribution in [0.2, 0.25) is 0 Å². The average molecular weight is 481 g/mol. The summed E-state index contributed by atoms with van der Waals surface area (Å²) in [5.74, 6) is -0.447. The van der Waals surface area contributed by atoms with Gasteiger partial charge in [0.2, 0.25) is 0 Å². The number of hydrogen-bond acceptors (Lipinski definition) is 6. The summed E-state index contributed by atoms with van der Waals surface area (Å²) in [4.78, 5) is 27.5. The van der Waals surface area contributed by atoms with Gasteiger partial charge >= 0.3 is 12.0 Å². The Balaban J connectivity index is 0.00000363. The number of amides is 2. The van der Waals surface area contributed by atoms with Gasteiger partial charge in [-0.05, 0) is 48.4 Å². The third-order valence-corrected chi connectivity index (χ3v) is 6.18. The minimum absolute atomic E-state index is 0. The van der Waals surface area contributed by atoms with Crippen molar-refractivity contribution in [3.05, 3.63) is 53.6 Å². The number of nitrogens with two attached hydrogens (primary N) is 1. The van der Waals surface area contributed by atoms with E-state index in [0.717, 1.165) is 6.26 Å². The molecule has 1 fully saturated rings. The Bertz CT molecular complexity index is 1140. The van der Waals surface area contributed by atoms with Crippen LogP contribution >= 0.6 is 12.4 Å². The molecule has 0 unspecified atom stereocenters. The second kappa shape index (κ2) is 10.0. The molecule has 0 aliphatic carbocycles. The summed E-state index contributed by atoms with van der Waals surface area (Å²) in [5, 5.41) is 7.47. The molecule has 0 saturated carbocycles. The first-order chi connectivity index (χ1) is 14.6. The van der Waals surface area contributed by atoms with Gasteiger partial charge in [0.15, 0.2) is 9.84 Å². The molecular weight excluding hydrogens is 456 g/mol. The summed E-state index contributed by atoms with van der Waals surface area (Å²) >= 11 is 0. The highest BCUT2D eigenvalue weighted by Gasteiger charge is 2.33. The van der Waals surface area contributed by atoms with Crippen LogP contribution in [0.15, 0.2) is 47.4 Å². The fraction of sp³-hybridized carbons (Fsp3) is 0.286. The summed E-state index contributed by atoms with van der Waals surface area (Å²) in [6.45, 7) is 0.697. The molecular formula is C21H25ClN4O5S. The van der Waals surface area contributed by atoms with E-state index < -0.39 is 9.84 Å². The number of nitrogens with one attached hydrogen (secondary N) is 1. The van der Waals surface area contributed by atoms with Crippen molar-refractivity contribution >= 4 is 51.5 Å². The van der Waals surface area contributed by atoms with Crippen LogP contribution in [0.4, 0.5) is 16.2 Å². The molecule has 2 aromatic rings. The molecule has 32 heavy (non-hydrogen) atoms. The highest BCUT2D eigenvalue weighted by Crippen LogP contribution is 2.31. The van der Waals surface area contributed by atoms with Crippen molar-refractivity contribution in [2.24, 2.45) is 5.73 Å². The van der Waals surface area contributed by atoms with Crippen molar-refractivity contribution < 1.29 is 22.7 Å². The maximum Gasteiger partial charge on any atom is 0.329 e. The average Bonchev–Trinajstić information content (AvgIpc) is 3.12. The van der Waals surface area contributed by atoms with Crippen LogP contribution in [0.3, 0.4) is 0 Å². The molecule has 0 atom stereocenters. The quantitative estimate of drug-likeness (QED) is 0.355. The van der Waals surface area contributed by atoms with Crippen LogP contribution in [0, 0.1) is 5.41 Å². The lowest BCUT2D eigenvalue weighted by molar-refractivity contribution is -0.140. The predicted octanol–water partition coefficient (Wildman–Crippen LogP) is 2.35. The molecule has 3 rings (SSSR count). The number of nitrogen functional groups attached to an aromatic ring is 1. The van der Waals surface area contributed by atoms with Gasteiger partial charge in [-0.25, -0.2) is 13.2 Å². The molecule has 0 radical (unpaired) electrons. The van der Waals surface area contributed by atoms with Crippen LogP contribution in [-0.2, 0) is 25.8 Å². The molecule has 2 aromatic carbocycles. The molecule has 11 heteroatoms. The van der Waals surface area contributed by atoms with E-state index in [1.807, 2.05) is 0 Å². The number of aryl methyl sites for hydroxylation is 1. The maximum atomic E-state index is 13.1. The van der Waals surface area contributed by atoms with Gasteiger partial charge in [0.1, 0.15) is 5.84 Å². The van der Waals surface area contributed by atoms with Gasteiger partial charge in [-0.3, -0.25) is 20.0 Å². The smallest absolute Gasteiger partial charge is 0.329 e. The molecule has 1 aliphatic heterocycles. The van der Waals surface area contributed by atoms with E-state index in [1.54, 1.807) is 41.3 Å². The fourth-order valence-electron chi connectivity index (χ4n) is 3.40. The zero-order valence-electron chi connectivity index (χ0n) is 17.7. The molecule has 3 N–H and O–H groups in total. The van der Waals surface area contributed by atoms with Crippen molar-refractivity contribution in [3.8, 4) is 0 Å². The Hall–Kier alpha value is -3.11. The first-order valence-corrected chi connectivity index (χ1v) is 11.4. The van der Waals surface area contributed by atoms with Crippen LogP contribution in [0.5, 0.6) is 0 Å². The van der Waals surface area contributed by atoms with Crippen molar-refractivity contribution in [1.29, 1.82) is 5.41 Å². The lowest BCUT2D eigenvalue weighted by Crippen LogP contribution is -2.32. The first-order valence-electron chi connectivity index (χ1n) is 9.55. The van der Waals surface area contributed by atoms with E-state index >= 15 is 0 Å². The molecule has 9 nitrogen and oxygen atoms in total. The third-order valence-electron chi connectivity index (χ3n) is 5.06. The zero-order valence-corrected chi connectivity index (χ0v) is 19.3. The van der Waals surface area contributed by atoms with Crippen molar-refractivity contribution in [1.82, 2.24) is 0 Å². The number of amidine groups is 1. The minimum atomic E-state index is -3.62. The molecule has 0 aromatic heterocycles. The van der Waals surface area contributed by atoms with Crippen molar-refractivity contribution in [2.45, 2.75) is 17.7 Å². The zero-order chi connectivity index (χ0) is 22.8. The number of urea groups is 1. The number of esters is 1. The summed E-state index contributed by atoms with van der Waals surface area (Å²) in [6.07, 6.45) is 1.55. The van der Waals surface area contributed by atoms with E-state index in [4.69, 9.17) is 11.1 Å². The molecule has 0 spiro atoms. The number of hydrogen-bond donors (Lipinski definition) is 2. The summed E-state index contributed by atoms with van der Waals surface area (Å²) in [5.41, 5.74) is 7.62. The van der Waals surface area contributed by atoms with Gasteiger partial charge in [-0.15, -0.1) is 12.4 Å². The number of carbonyl (C=O) groups is 2. The van der Waals surface area contributed by atoms with Crippen LogP contribution in [0.25, 0.3) is 0 Å². The molecule has 1 saturated heterocycles. The van der Waals surface area contributed by atoms with Gasteiger partial charge < -0.3 is 10.5 Å². The van der Waals surface area contributed by atoms with E-state index in [9.17, 15) is 18.0 Å². The third kappa shape index (κ3) is 5.38. The van der Waals surface area contributed by atoms with E-state index in [0.29, 0.717) is 42.0 Å². The first kappa shape index (κ1) is 25.2. The van der Waals surface area contributed by atoms with Crippen LogP contribution in [0.1, 0.15) is 17.5 Å². The standard InChI is InChI=1S/C21H24N4O5S.ClH/c1-30-19(26)10-4-14-3-9-17(18(13-14)31(2,28)29)25-12-11-24(21(25)27)16-7-5-15(6-8-16)20(22)23;/h3,5-9,13H,4,10-12H2,1-2H3,(H3,22,23);1H. The van der Waals surface area contributed by atoms with Crippen molar-refractivity contribution in [2.75, 3.05) is 36.3 Å². The van der Waals surface area contributed by atoms with Gasteiger partial charge in [-0.2, -0.15) is 0 Å². The van der Waals surface area contributed by atoms with Crippen molar-refractivity contribution in [3.63, 3.8) is 0 Å². The number of rotatable bonds is 7. The van der Waals surface area contributed by atoms with Gasteiger partial charge in [0, 0.05) is 37.0 Å². The number of carbonyl (C=O) groups excluding carboxylic acids is 2. The fourth-order valence-corrected chi connectivity index (χ4v) is 4.33. The number of methoxy groups -OCH3 is 1. The number of halogens is 1. The largest absolute Gasteiger partial charge is 0.469 e. The Morgan fingerprint density at radius 2 is 1.75 bits per heavy atom. The minimum Gasteiger partial charge on any atom is -0.469 e. The topological polar surface area (TPSA) is 134 Å². The lowest BCUT2D eigenvalue weighted by atomic mass is 10.1. The predicted molar refractivity (Wildman–Crippen MR) is 125 cm³/mol. The van der Waals surface area contributed by atoms with Gasteiger partial charge in [-0.1, -0.05) is 6.07 Å². The number of nitrogens with zero attached hydrogens (tertiary/aromatic N) is 2. The summed E-state index contributed by atoms with van der Waals surface area (Å²) in [7, 11) is -2.33. The summed E-state index contributed by atoms with van der Waals surface area (Å²) < 4.78 is 29.5. The highest BCUT2D eigenvalue weighted by atomic mass is 35.5. The van der Waals surface area contributed by atoms with Crippen LogP contribution < -0.4 is 15.5 Å². The molecule has 1 heterocycles. The number of sulfone groups is 1. The van der Waals surface area contributed by atoms with E-state index in [1.165, 1.54) is 18.1 Å². The molecule has 172 valence electrons. The highest BCUT2D eigenvalue weighted by molar-refractivity contribution is 7.90. The maximum absolute atomic E-state index is 13.1. The van der Waals surface area contributed by atoms with Crippen LogP contribution in [-0.4, -0.2) is 52.7 Å². The second-order valence-electron chi connectivity index (χ2n) is 7.20. The SMILES string of the molecule is COC(=O)CCc1ccc(N2CCN(c3ccc(C(=N)N)cc3)C2=O)c(S(C)(=O)=O)c1.Cl. The second-order valence-corrected chi connectivity index (χ2v) is 9.18.